The molecule has 0 N–H and O–H groups in total. The van der Waals surface area contributed by atoms with Crippen molar-refractivity contribution >= 4 is 38.6 Å². The van der Waals surface area contributed by atoms with E-state index in [9.17, 15) is 4.39 Å². The maximum Gasteiger partial charge on any atom is 0.139 e. The quantitative estimate of drug-likeness (QED) is 0.591. The van der Waals surface area contributed by atoms with Crippen molar-refractivity contribution in [3.63, 3.8) is 0 Å². The Balaban J connectivity index is 2.17. The fourth-order valence-corrected chi connectivity index (χ4v) is 3.90. The third-order valence-corrected chi connectivity index (χ3v) is 5.19. The van der Waals surface area contributed by atoms with Gasteiger partial charge in [-0.05, 0) is 47.7 Å². The molecule has 114 valence electrons. The van der Waals surface area contributed by atoms with Crippen molar-refractivity contribution in [1.29, 1.82) is 0 Å². The van der Waals surface area contributed by atoms with E-state index in [0.717, 1.165) is 24.2 Å². The lowest BCUT2D eigenvalue weighted by Crippen LogP contribution is -2.19. The zero-order valence-electron chi connectivity index (χ0n) is 12.2. The average molecular weight is 374 g/mol. The van der Waals surface area contributed by atoms with E-state index in [1.54, 1.807) is 0 Å². The van der Waals surface area contributed by atoms with Gasteiger partial charge in [-0.25, -0.2) is 9.37 Å². The Hall–Kier alpha value is -0.610. The molecule has 1 saturated carbocycles. The molecule has 5 heteroatoms. The van der Waals surface area contributed by atoms with Crippen LogP contribution in [0.4, 0.5) is 4.39 Å². The first-order valence-corrected chi connectivity index (χ1v) is 8.71. The third-order valence-electron chi connectivity index (χ3n) is 4.39. The van der Waals surface area contributed by atoms with Crippen LogP contribution in [0.3, 0.4) is 0 Å². The molecule has 1 aliphatic carbocycles. The second-order valence-corrected chi connectivity index (χ2v) is 7.65. The number of rotatable bonds is 2. The minimum Gasteiger partial charge on any atom is -0.324 e. The van der Waals surface area contributed by atoms with Gasteiger partial charge in [0.2, 0.25) is 0 Å². The molecule has 0 aliphatic heterocycles. The molecule has 2 nitrogen and oxygen atoms in total. The predicted molar refractivity (Wildman–Crippen MR) is 88.3 cm³/mol. The first-order chi connectivity index (χ1) is 9.97. The highest BCUT2D eigenvalue weighted by molar-refractivity contribution is 9.10. The van der Waals surface area contributed by atoms with E-state index in [-0.39, 0.29) is 11.2 Å². The van der Waals surface area contributed by atoms with E-state index in [1.165, 1.54) is 18.9 Å². The van der Waals surface area contributed by atoms with Gasteiger partial charge in [-0.2, -0.15) is 0 Å². The lowest BCUT2D eigenvalue weighted by atomic mass is 9.86. The number of fused-ring (bicyclic) bond motifs is 1. The van der Waals surface area contributed by atoms with Gasteiger partial charge in [-0.15, -0.1) is 11.6 Å². The molecule has 2 aromatic rings. The summed E-state index contributed by atoms with van der Waals surface area (Å²) >= 11 is 9.61. The van der Waals surface area contributed by atoms with Crippen LogP contribution in [0.25, 0.3) is 11.0 Å². The molecule has 1 aliphatic rings. The Morgan fingerprint density at radius 1 is 1.43 bits per heavy atom. The Morgan fingerprint density at radius 3 is 2.86 bits per heavy atom. The van der Waals surface area contributed by atoms with E-state index >= 15 is 0 Å². The van der Waals surface area contributed by atoms with Gasteiger partial charge >= 0.3 is 0 Å². The topological polar surface area (TPSA) is 17.8 Å². The Labute approximate surface area is 137 Å². The lowest BCUT2D eigenvalue weighted by molar-refractivity contribution is 0.282. The Kier molecular flexibility index (Phi) is 4.28. The molecule has 21 heavy (non-hydrogen) atoms. The van der Waals surface area contributed by atoms with E-state index < -0.39 is 0 Å². The molecule has 0 saturated heterocycles. The molecule has 0 amide bonds. The van der Waals surface area contributed by atoms with E-state index in [4.69, 9.17) is 11.6 Å². The first-order valence-electron chi connectivity index (χ1n) is 7.48. The minimum atomic E-state index is -0.280. The fourth-order valence-electron chi connectivity index (χ4n) is 3.41. The van der Waals surface area contributed by atoms with Crippen molar-refractivity contribution in [2.45, 2.75) is 50.9 Å². The summed E-state index contributed by atoms with van der Waals surface area (Å²) in [6.45, 7) is 4.22. The molecule has 0 radical (unpaired) electrons. The summed E-state index contributed by atoms with van der Waals surface area (Å²) < 4.78 is 16.5. The molecule has 1 fully saturated rings. The van der Waals surface area contributed by atoms with Crippen LogP contribution in [-0.4, -0.2) is 9.55 Å². The van der Waals surface area contributed by atoms with Crippen molar-refractivity contribution < 1.29 is 4.39 Å². The summed E-state index contributed by atoms with van der Waals surface area (Å²) in [6.07, 6.45) is 4.79. The van der Waals surface area contributed by atoms with Crippen molar-refractivity contribution in [2.24, 2.45) is 5.92 Å². The molecular formula is C16H19BrClFN2. The van der Waals surface area contributed by atoms with Gasteiger partial charge in [0.05, 0.1) is 20.9 Å². The maximum absolute atomic E-state index is 13.8. The van der Waals surface area contributed by atoms with E-state index in [1.807, 2.05) is 13.0 Å². The molecule has 1 heterocycles. The van der Waals surface area contributed by atoms with Crippen LogP contribution in [0.2, 0.25) is 0 Å². The zero-order valence-corrected chi connectivity index (χ0v) is 14.6. The molecule has 3 unspecified atom stereocenters. The van der Waals surface area contributed by atoms with Crippen LogP contribution in [0.5, 0.6) is 0 Å². The highest BCUT2D eigenvalue weighted by Crippen LogP contribution is 2.38. The standard InChI is InChI=1S/C16H19BrClFN2/c1-9-4-3-5-11(6-9)21-15-7-12(17)13(19)8-14(15)20-16(21)10(2)18/h7-11H,3-6H2,1-2H3. The SMILES string of the molecule is CC1CCCC(n2c(C(C)Cl)nc3cc(F)c(Br)cc32)C1. The van der Waals surface area contributed by atoms with Gasteiger partial charge in [0.25, 0.3) is 0 Å². The molecule has 3 rings (SSSR count). The number of aromatic nitrogens is 2. The summed E-state index contributed by atoms with van der Waals surface area (Å²) in [5.74, 6) is 1.28. The molecule has 0 spiro atoms. The van der Waals surface area contributed by atoms with Crippen molar-refractivity contribution in [3.05, 3.63) is 28.2 Å². The van der Waals surface area contributed by atoms with Crippen LogP contribution >= 0.6 is 27.5 Å². The van der Waals surface area contributed by atoms with E-state index in [0.29, 0.717) is 21.9 Å². The molecule has 1 aromatic heterocycles. The minimum absolute atomic E-state index is 0.184. The second-order valence-electron chi connectivity index (χ2n) is 6.14. The number of halogens is 3. The number of alkyl halides is 1. The normalized spacial score (nSPS) is 24.4. The summed E-state index contributed by atoms with van der Waals surface area (Å²) in [5, 5.41) is -0.184. The van der Waals surface area contributed by atoms with Crippen molar-refractivity contribution in [1.82, 2.24) is 9.55 Å². The van der Waals surface area contributed by atoms with Crippen LogP contribution in [-0.2, 0) is 0 Å². The second kappa shape index (κ2) is 5.88. The third kappa shape index (κ3) is 2.85. The lowest BCUT2D eigenvalue weighted by Gasteiger charge is -2.30. The first kappa shape index (κ1) is 15.3. The van der Waals surface area contributed by atoms with Gasteiger partial charge in [0.15, 0.2) is 0 Å². The molecule has 1 aromatic carbocycles. The number of hydrogen-bond acceptors (Lipinski definition) is 1. The fraction of sp³-hybridized carbons (Fsp3) is 0.562. The summed E-state index contributed by atoms with van der Waals surface area (Å²) in [6, 6.07) is 3.73. The predicted octanol–water partition coefficient (Wildman–Crippen LogP) is 5.99. The van der Waals surface area contributed by atoms with E-state index in [2.05, 4.69) is 32.4 Å². The number of imidazole rings is 1. The van der Waals surface area contributed by atoms with Crippen LogP contribution in [0, 0.1) is 11.7 Å². The number of nitrogens with zero attached hydrogens (tertiary/aromatic N) is 2. The summed E-state index contributed by atoms with van der Waals surface area (Å²) in [7, 11) is 0. The molecule has 0 bridgehead atoms. The largest absolute Gasteiger partial charge is 0.324 e. The van der Waals surface area contributed by atoms with Crippen LogP contribution in [0.15, 0.2) is 16.6 Å². The highest BCUT2D eigenvalue weighted by Gasteiger charge is 2.26. The summed E-state index contributed by atoms with van der Waals surface area (Å²) in [4.78, 5) is 4.58. The monoisotopic (exact) mass is 372 g/mol. The number of benzene rings is 1. The van der Waals surface area contributed by atoms with Crippen molar-refractivity contribution in [2.75, 3.05) is 0 Å². The average Bonchev–Trinajstić information content (AvgIpc) is 2.78. The molecule has 3 atom stereocenters. The zero-order chi connectivity index (χ0) is 15.1. The smallest absolute Gasteiger partial charge is 0.139 e. The molecular weight excluding hydrogens is 355 g/mol. The number of hydrogen-bond donors (Lipinski definition) is 0. The summed E-state index contributed by atoms with van der Waals surface area (Å²) in [5.41, 5.74) is 1.67. The van der Waals surface area contributed by atoms with Crippen molar-refractivity contribution in [3.8, 4) is 0 Å². The van der Waals surface area contributed by atoms with Gasteiger partial charge in [-0.3, -0.25) is 0 Å². The Morgan fingerprint density at radius 2 is 2.19 bits per heavy atom. The van der Waals surface area contributed by atoms with Gasteiger partial charge in [0.1, 0.15) is 11.6 Å². The van der Waals surface area contributed by atoms with Gasteiger partial charge < -0.3 is 4.57 Å². The van der Waals surface area contributed by atoms with Crippen LogP contribution in [0.1, 0.15) is 56.8 Å². The Bertz CT molecular complexity index is 668. The van der Waals surface area contributed by atoms with Crippen LogP contribution < -0.4 is 0 Å². The van der Waals surface area contributed by atoms with Gasteiger partial charge in [-0.1, -0.05) is 19.8 Å². The highest BCUT2D eigenvalue weighted by atomic mass is 79.9. The van der Waals surface area contributed by atoms with Gasteiger partial charge in [0, 0.05) is 12.1 Å². The maximum atomic E-state index is 13.8.